The molecule has 0 radical (unpaired) electrons. The summed E-state index contributed by atoms with van der Waals surface area (Å²) >= 11 is 1.81. The summed E-state index contributed by atoms with van der Waals surface area (Å²) in [5, 5.41) is 1.06. The Labute approximate surface area is 210 Å². The summed E-state index contributed by atoms with van der Waals surface area (Å²) in [6.07, 6.45) is 10.2. The summed E-state index contributed by atoms with van der Waals surface area (Å²) in [5.74, 6) is 1.80. The molecule has 2 fully saturated rings. The zero-order valence-electron chi connectivity index (χ0n) is 20.3. The molecule has 9 nitrogen and oxygen atoms in total. The van der Waals surface area contributed by atoms with Crippen LogP contribution in [0.25, 0.3) is 11.2 Å². The molecule has 0 aromatic carbocycles. The molecular weight excluding hydrogens is 460 g/mol. The maximum absolute atomic E-state index is 13.3. The Balaban J connectivity index is 1.16. The van der Waals surface area contributed by atoms with Gasteiger partial charge in [-0.05, 0) is 57.3 Å². The largest absolute Gasteiger partial charge is 0.368 e. The summed E-state index contributed by atoms with van der Waals surface area (Å²) in [6.45, 7) is 6.44. The fraction of sp³-hybridized carbons (Fsp3) is 0.560. The molecule has 2 saturated heterocycles. The molecule has 2 aliphatic heterocycles. The number of carbonyl (C=O) groups excluding carboxylic acids is 1. The number of likely N-dealkylation sites (tertiary alicyclic amines) is 2. The molecule has 186 valence electrons. The summed E-state index contributed by atoms with van der Waals surface area (Å²) in [4.78, 5) is 35.4. The Bertz CT molecular complexity index is 1130. The molecule has 35 heavy (non-hydrogen) atoms. The minimum Gasteiger partial charge on any atom is -0.368 e. The highest BCUT2D eigenvalue weighted by Crippen LogP contribution is 2.33. The van der Waals surface area contributed by atoms with Crippen molar-refractivity contribution in [2.24, 2.45) is 5.92 Å². The summed E-state index contributed by atoms with van der Waals surface area (Å²) in [7, 11) is 0. The van der Waals surface area contributed by atoms with Crippen molar-refractivity contribution >= 4 is 34.8 Å². The maximum Gasteiger partial charge on any atom is 0.225 e. The van der Waals surface area contributed by atoms with E-state index in [0.717, 1.165) is 92.5 Å². The van der Waals surface area contributed by atoms with E-state index in [1.165, 1.54) is 0 Å². The number of pyridine rings is 1. The number of hydrogen-bond donors (Lipinski definition) is 1. The Hall–Kier alpha value is -2.72. The van der Waals surface area contributed by atoms with Crippen LogP contribution < -0.4 is 5.73 Å². The average molecular weight is 495 g/mol. The van der Waals surface area contributed by atoms with Crippen molar-refractivity contribution in [2.75, 3.05) is 37.7 Å². The number of carbonyl (C=O) groups is 1. The normalized spacial score (nSPS) is 18.4. The van der Waals surface area contributed by atoms with Crippen LogP contribution in [0.2, 0.25) is 0 Å². The van der Waals surface area contributed by atoms with Crippen molar-refractivity contribution in [1.82, 2.24) is 34.3 Å². The van der Waals surface area contributed by atoms with Gasteiger partial charge in [0.05, 0.1) is 0 Å². The second kappa shape index (κ2) is 10.9. The first-order valence-electron chi connectivity index (χ1n) is 12.7. The molecule has 0 saturated carbocycles. The van der Waals surface area contributed by atoms with E-state index in [2.05, 4.69) is 36.2 Å². The van der Waals surface area contributed by atoms with Gasteiger partial charge in [0.1, 0.15) is 5.52 Å². The van der Waals surface area contributed by atoms with Gasteiger partial charge in [-0.25, -0.2) is 19.9 Å². The zero-order valence-corrected chi connectivity index (χ0v) is 21.2. The van der Waals surface area contributed by atoms with E-state index in [-0.39, 0.29) is 5.92 Å². The van der Waals surface area contributed by atoms with Gasteiger partial charge in [-0.3, -0.25) is 9.69 Å². The SMILES string of the molecule is CCCSc1nc2cccnc2n1C1CCN(C(=O)C2CCN(Cc3cnc(N)nc3)CC2)CC1. The van der Waals surface area contributed by atoms with Crippen molar-refractivity contribution in [3.8, 4) is 0 Å². The highest BCUT2D eigenvalue weighted by Gasteiger charge is 2.32. The monoisotopic (exact) mass is 494 g/mol. The molecule has 5 rings (SSSR count). The van der Waals surface area contributed by atoms with Gasteiger partial charge in [-0.1, -0.05) is 18.7 Å². The fourth-order valence-electron chi connectivity index (χ4n) is 5.18. The van der Waals surface area contributed by atoms with E-state index >= 15 is 0 Å². The van der Waals surface area contributed by atoms with Gasteiger partial charge < -0.3 is 15.2 Å². The van der Waals surface area contributed by atoms with E-state index in [4.69, 9.17) is 10.7 Å². The van der Waals surface area contributed by atoms with E-state index in [9.17, 15) is 4.79 Å². The minimum absolute atomic E-state index is 0.122. The van der Waals surface area contributed by atoms with E-state index < -0.39 is 0 Å². The molecule has 3 aromatic heterocycles. The number of thioether (sulfide) groups is 1. The predicted octanol–water partition coefficient (Wildman–Crippen LogP) is 3.38. The second-order valence-corrected chi connectivity index (χ2v) is 10.6. The number of nitrogen functional groups attached to an aromatic ring is 1. The summed E-state index contributed by atoms with van der Waals surface area (Å²) < 4.78 is 2.33. The Kier molecular flexibility index (Phi) is 7.48. The van der Waals surface area contributed by atoms with E-state index in [0.29, 0.717) is 17.9 Å². The van der Waals surface area contributed by atoms with Gasteiger partial charge >= 0.3 is 0 Å². The van der Waals surface area contributed by atoms with E-state index in [1.807, 2.05) is 30.1 Å². The minimum atomic E-state index is 0.122. The van der Waals surface area contributed by atoms with Crippen LogP contribution in [0.5, 0.6) is 0 Å². The summed E-state index contributed by atoms with van der Waals surface area (Å²) in [6, 6.07) is 4.33. The molecule has 5 heterocycles. The first kappa shape index (κ1) is 24.0. The highest BCUT2D eigenvalue weighted by molar-refractivity contribution is 7.99. The van der Waals surface area contributed by atoms with Crippen LogP contribution in [0, 0.1) is 5.92 Å². The number of imidazole rings is 1. The summed E-state index contributed by atoms with van der Waals surface area (Å²) in [5.41, 5.74) is 8.57. The van der Waals surface area contributed by atoms with Gasteiger partial charge in [0.15, 0.2) is 10.8 Å². The number of amides is 1. The third kappa shape index (κ3) is 5.43. The standard InChI is InChI=1S/C25H34N8OS/c1-2-14-35-25-30-21-4-3-9-27-22(21)33(25)20-7-12-32(13-8-20)23(34)19-5-10-31(11-6-19)17-18-15-28-24(26)29-16-18/h3-4,9,15-16,19-20H,2,5-8,10-14,17H2,1H3,(H2,26,28,29). The molecule has 2 aliphatic rings. The quantitative estimate of drug-likeness (QED) is 0.498. The Morgan fingerprint density at radius 3 is 2.54 bits per heavy atom. The van der Waals surface area contributed by atoms with Crippen molar-refractivity contribution < 1.29 is 4.79 Å². The third-order valence-corrected chi connectivity index (χ3v) is 8.22. The lowest BCUT2D eigenvalue weighted by Crippen LogP contribution is -2.45. The van der Waals surface area contributed by atoms with Crippen LogP contribution in [0.4, 0.5) is 5.95 Å². The number of piperidine rings is 2. The van der Waals surface area contributed by atoms with Gasteiger partial charge in [0, 0.05) is 61.5 Å². The number of nitrogens with zero attached hydrogens (tertiary/aromatic N) is 7. The molecule has 10 heteroatoms. The topological polar surface area (TPSA) is 106 Å². The lowest BCUT2D eigenvalue weighted by Gasteiger charge is -2.37. The highest BCUT2D eigenvalue weighted by atomic mass is 32.2. The molecule has 0 bridgehead atoms. The number of rotatable bonds is 7. The first-order chi connectivity index (χ1) is 17.1. The molecular formula is C25H34N8OS. The molecule has 0 spiro atoms. The van der Waals surface area contributed by atoms with E-state index in [1.54, 1.807) is 12.4 Å². The molecule has 3 aromatic rings. The number of fused-ring (bicyclic) bond motifs is 1. The van der Waals surface area contributed by atoms with Crippen LogP contribution in [0.3, 0.4) is 0 Å². The van der Waals surface area contributed by atoms with Crippen LogP contribution in [-0.4, -0.2) is 72.1 Å². The molecule has 0 atom stereocenters. The van der Waals surface area contributed by atoms with Crippen molar-refractivity contribution in [1.29, 1.82) is 0 Å². The number of hydrogen-bond acceptors (Lipinski definition) is 8. The van der Waals surface area contributed by atoms with Gasteiger partial charge in [-0.15, -0.1) is 0 Å². The lowest BCUT2D eigenvalue weighted by molar-refractivity contribution is -0.138. The molecule has 2 N–H and O–H groups in total. The smallest absolute Gasteiger partial charge is 0.225 e. The Morgan fingerprint density at radius 2 is 1.83 bits per heavy atom. The zero-order chi connectivity index (χ0) is 24.2. The van der Waals surface area contributed by atoms with Crippen LogP contribution >= 0.6 is 11.8 Å². The maximum atomic E-state index is 13.3. The van der Waals surface area contributed by atoms with Gasteiger partial charge in [0.25, 0.3) is 0 Å². The van der Waals surface area contributed by atoms with Gasteiger partial charge in [-0.2, -0.15) is 0 Å². The third-order valence-electron chi connectivity index (χ3n) is 7.06. The van der Waals surface area contributed by atoms with Crippen LogP contribution in [0.1, 0.15) is 50.6 Å². The van der Waals surface area contributed by atoms with Crippen molar-refractivity contribution in [3.05, 3.63) is 36.3 Å². The number of anilines is 1. The van der Waals surface area contributed by atoms with Crippen molar-refractivity contribution in [2.45, 2.75) is 56.8 Å². The fourth-order valence-corrected chi connectivity index (χ4v) is 6.10. The van der Waals surface area contributed by atoms with Crippen LogP contribution in [0.15, 0.2) is 35.9 Å². The van der Waals surface area contributed by atoms with Crippen LogP contribution in [-0.2, 0) is 11.3 Å². The lowest BCUT2D eigenvalue weighted by atomic mass is 9.93. The first-order valence-corrected chi connectivity index (χ1v) is 13.6. The second-order valence-electron chi connectivity index (χ2n) is 9.52. The number of aromatic nitrogens is 5. The number of nitrogens with two attached hydrogens (primary N) is 1. The predicted molar refractivity (Wildman–Crippen MR) is 138 cm³/mol. The van der Waals surface area contributed by atoms with Gasteiger partial charge in [0.2, 0.25) is 11.9 Å². The average Bonchev–Trinajstić information content (AvgIpc) is 3.27. The Morgan fingerprint density at radius 1 is 1.09 bits per heavy atom. The molecule has 0 aliphatic carbocycles. The van der Waals surface area contributed by atoms with Crippen molar-refractivity contribution in [3.63, 3.8) is 0 Å². The molecule has 0 unspecified atom stereocenters. The molecule has 1 amide bonds.